The first-order valence-corrected chi connectivity index (χ1v) is 12.2. The number of ether oxygens (including phenoxy) is 1. The van der Waals surface area contributed by atoms with Gasteiger partial charge in [-0.1, -0.05) is 37.3 Å². The molecule has 2 saturated heterocycles. The number of piperidine rings is 1. The highest BCUT2D eigenvalue weighted by Gasteiger charge is 2.54. The molecule has 1 N–H and O–H groups in total. The Hall–Kier alpha value is -3.55. The molecule has 1 atom stereocenters. The molecule has 0 unspecified atom stereocenters. The van der Waals surface area contributed by atoms with Crippen LogP contribution in [0.15, 0.2) is 54.6 Å². The number of rotatable bonds is 7. The molecule has 2 aromatic carbocycles. The predicted molar refractivity (Wildman–Crippen MR) is 134 cm³/mol. The Balaban J connectivity index is 1.54. The van der Waals surface area contributed by atoms with Crippen LogP contribution in [0.25, 0.3) is 0 Å². The molecule has 186 valence electrons. The number of para-hydroxylation sites is 2. The summed E-state index contributed by atoms with van der Waals surface area (Å²) in [6.07, 6.45) is 1.81. The van der Waals surface area contributed by atoms with Gasteiger partial charge in [-0.25, -0.2) is 0 Å². The van der Waals surface area contributed by atoms with Gasteiger partial charge in [-0.2, -0.15) is 0 Å². The highest BCUT2D eigenvalue weighted by Crippen LogP contribution is 2.40. The van der Waals surface area contributed by atoms with Crippen molar-refractivity contribution in [1.29, 1.82) is 0 Å². The van der Waals surface area contributed by atoms with Crippen molar-refractivity contribution in [3.63, 3.8) is 0 Å². The van der Waals surface area contributed by atoms with Crippen molar-refractivity contribution >= 4 is 23.4 Å². The fourth-order valence-electron chi connectivity index (χ4n) is 4.99. The topological polar surface area (TPSA) is 82.2 Å². The minimum atomic E-state index is -0.782. The van der Waals surface area contributed by atoms with Gasteiger partial charge in [0.2, 0.25) is 5.91 Å². The summed E-state index contributed by atoms with van der Waals surface area (Å²) in [7, 11) is 1.55. The van der Waals surface area contributed by atoms with Crippen LogP contribution in [0.5, 0.6) is 5.75 Å². The van der Waals surface area contributed by atoms with Crippen molar-refractivity contribution in [3.8, 4) is 5.75 Å². The van der Waals surface area contributed by atoms with Crippen molar-refractivity contribution in [2.24, 2.45) is 0 Å². The molecule has 3 amide bonds. The molecule has 0 radical (unpaired) electrons. The molecular formula is C27H34N4O4. The molecule has 2 aliphatic rings. The van der Waals surface area contributed by atoms with Crippen LogP contribution in [0.3, 0.4) is 0 Å². The zero-order valence-corrected chi connectivity index (χ0v) is 20.7. The van der Waals surface area contributed by atoms with Gasteiger partial charge in [0.25, 0.3) is 11.8 Å². The summed E-state index contributed by atoms with van der Waals surface area (Å²) in [5, 5.41) is 2.96. The van der Waals surface area contributed by atoms with Crippen LogP contribution in [-0.2, 0) is 9.59 Å². The van der Waals surface area contributed by atoms with E-state index in [1.54, 1.807) is 29.0 Å². The van der Waals surface area contributed by atoms with E-state index in [4.69, 9.17) is 4.74 Å². The first kappa shape index (κ1) is 24.6. The van der Waals surface area contributed by atoms with Crippen molar-refractivity contribution in [2.45, 2.75) is 44.7 Å². The van der Waals surface area contributed by atoms with E-state index in [9.17, 15) is 14.4 Å². The van der Waals surface area contributed by atoms with Crippen molar-refractivity contribution in [3.05, 3.63) is 60.2 Å². The average molecular weight is 479 g/mol. The van der Waals surface area contributed by atoms with E-state index in [2.05, 4.69) is 10.2 Å². The second-order valence-electron chi connectivity index (χ2n) is 9.31. The summed E-state index contributed by atoms with van der Waals surface area (Å²) in [6.45, 7) is 5.22. The molecule has 4 rings (SSSR count). The van der Waals surface area contributed by atoms with E-state index >= 15 is 0 Å². The summed E-state index contributed by atoms with van der Waals surface area (Å²) in [6, 6.07) is 17.1. The Kier molecular flexibility index (Phi) is 7.28. The van der Waals surface area contributed by atoms with Crippen LogP contribution in [0, 0.1) is 0 Å². The number of carbonyl (C=O) groups is 3. The number of hydrogen-bond acceptors (Lipinski definition) is 5. The second-order valence-corrected chi connectivity index (χ2v) is 9.31. The lowest BCUT2D eigenvalue weighted by atomic mass is 9.85. The number of nitrogens with zero attached hydrogens (tertiary/aromatic N) is 3. The fourth-order valence-corrected chi connectivity index (χ4v) is 4.99. The van der Waals surface area contributed by atoms with Crippen LogP contribution in [0.4, 0.5) is 5.69 Å². The van der Waals surface area contributed by atoms with Gasteiger partial charge in [0.15, 0.2) is 0 Å². The summed E-state index contributed by atoms with van der Waals surface area (Å²) in [5.41, 5.74) is 0.678. The van der Waals surface area contributed by atoms with Crippen molar-refractivity contribution < 1.29 is 19.1 Å². The lowest BCUT2D eigenvalue weighted by Gasteiger charge is -2.43. The minimum absolute atomic E-state index is 0.0259. The molecule has 1 spiro atoms. The Morgan fingerprint density at radius 1 is 1.06 bits per heavy atom. The molecule has 35 heavy (non-hydrogen) atoms. The summed E-state index contributed by atoms with van der Waals surface area (Å²) >= 11 is 0. The van der Waals surface area contributed by atoms with E-state index in [-0.39, 0.29) is 30.3 Å². The van der Waals surface area contributed by atoms with Crippen LogP contribution >= 0.6 is 0 Å². The highest BCUT2D eigenvalue weighted by atomic mass is 16.5. The second kappa shape index (κ2) is 10.4. The number of benzene rings is 2. The fraction of sp³-hybridized carbons (Fsp3) is 0.444. The summed E-state index contributed by atoms with van der Waals surface area (Å²) in [4.78, 5) is 45.2. The molecule has 8 nitrogen and oxygen atoms in total. The summed E-state index contributed by atoms with van der Waals surface area (Å²) in [5.74, 6) is 0.240. The lowest BCUT2D eigenvalue weighted by molar-refractivity contribution is -0.137. The van der Waals surface area contributed by atoms with Gasteiger partial charge in [-0.05, 0) is 50.5 Å². The number of anilines is 1. The third-order valence-corrected chi connectivity index (χ3v) is 7.15. The minimum Gasteiger partial charge on any atom is -0.496 e. The van der Waals surface area contributed by atoms with Gasteiger partial charge in [-0.15, -0.1) is 0 Å². The first-order valence-electron chi connectivity index (χ1n) is 12.2. The molecule has 8 heteroatoms. The maximum atomic E-state index is 13.8. The highest BCUT2D eigenvalue weighted by molar-refractivity contribution is 5.99. The molecular weight excluding hydrogens is 444 g/mol. The van der Waals surface area contributed by atoms with E-state index in [1.165, 1.54) is 0 Å². The van der Waals surface area contributed by atoms with Crippen LogP contribution in [-0.4, -0.2) is 72.5 Å². The predicted octanol–water partition coefficient (Wildman–Crippen LogP) is 2.89. The van der Waals surface area contributed by atoms with Gasteiger partial charge in [-0.3, -0.25) is 14.4 Å². The Bertz CT molecular complexity index is 1070. The Labute approximate surface area is 206 Å². The molecule has 2 fully saturated rings. The van der Waals surface area contributed by atoms with E-state index in [0.29, 0.717) is 43.9 Å². The van der Waals surface area contributed by atoms with Gasteiger partial charge < -0.3 is 24.8 Å². The van der Waals surface area contributed by atoms with Gasteiger partial charge in [0.1, 0.15) is 17.8 Å². The smallest absolute Gasteiger partial charge is 0.257 e. The van der Waals surface area contributed by atoms with Gasteiger partial charge in [0, 0.05) is 24.8 Å². The van der Waals surface area contributed by atoms with Crippen molar-refractivity contribution in [2.75, 3.05) is 38.3 Å². The SMILES string of the molecule is CC[C@@H](C)NC(=O)CN1CN(c2ccccc2)C2(CCN(C(=O)c3ccccc3OC)CC2)C1=O. The van der Waals surface area contributed by atoms with Gasteiger partial charge in [0.05, 0.1) is 19.3 Å². The number of amides is 3. The monoisotopic (exact) mass is 478 g/mol. The maximum Gasteiger partial charge on any atom is 0.257 e. The Morgan fingerprint density at radius 3 is 2.37 bits per heavy atom. The third kappa shape index (κ3) is 4.83. The lowest BCUT2D eigenvalue weighted by Crippen LogP contribution is -2.57. The molecule has 0 saturated carbocycles. The van der Waals surface area contributed by atoms with E-state index in [0.717, 1.165) is 12.1 Å². The Morgan fingerprint density at radius 2 is 1.71 bits per heavy atom. The summed E-state index contributed by atoms with van der Waals surface area (Å²) < 4.78 is 5.37. The molecule has 0 bridgehead atoms. The zero-order chi connectivity index (χ0) is 25.0. The quantitative estimate of drug-likeness (QED) is 0.662. The standard InChI is InChI=1S/C27H34N4O4/c1-4-20(2)28-24(32)18-30-19-31(21-10-6-5-7-11-21)27(26(30)34)14-16-29(17-15-27)25(33)22-12-8-9-13-23(22)35-3/h5-13,20H,4,14-19H2,1-3H3,(H,28,32)/t20-/m1/s1. The first-order chi connectivity index (χ1) is 16.9. The molecule has 2 heterocycles. The number of methoxy groups -OCH3 is 1. The molecule has 0 aromatic heterocycles. The zero-order valence-electron chi connectivity index (χ0n) is 20.7. The van der Waals surface area contributed by atoms with Crippen LogP contribution < -0.4 is 15.0 Å². The van der Waals surface area contributed by atoms with Crippen LogP contribution in [0.2, 0.25) is 0 Å². The largest absolute Gasteiger partial charge is 0.496 e. The van der Waals surface area contributed by atoms with Crippen molar-refractivity contribution in [1.82, 2.24) is 15.1 Å². The number of hydrogen-bond donors (Lipinski definition) is 1. The molecule has 0 aliphatic carbocycles. The normalized spacial score (nSPS) is 18.0. The molecule has 2 aromatic rings. The molecule has 2 aliphatic heterocycles. The third-order valence-electron chi connectivity index (χ3n) is 7.15. The maximum absolute atomic E-state index is 13.8. The number of nitrogens with one attached hydrogen (secondary N) is 1. The van der Waals surface area contributed by atoms with E-state index < -0.39 is 5.54 Å². The van der Waals surface area contributed by atoms with Gasteiger partial charge >= 0.3 is 0 Å². The number of carbonyl (C=O) groups excluding carboxylic acids is 3. The van der Waals surface area contributed by atoms with E-state index in [1.807, 2.05) is 56.3 Å². The number of likely N-dealkylation sites (tertiary alicyclic amines) is 1. The average Bonchev–Trinajstić information content (AvgIpc) is 3.15. The van der Waals surface area contributed by atoms with Crippen LogP contribution in [0.1, 0.15) is 43.5 Å².